The molecule has 4 nitrogen and oxygen atoms in total. The molecule has 8 heteroatoms. The second kappa shape index (κ2) is 6.00. The molecule has 2 amide bonds. The van der Waals surface area contributed by atoms with Gasteiger partial charge in [-0.25, -0.2) is 4.79 Å². The SMILES string of the molecule is O=C1NCC2CN(Cc3ccc(SC(F)(F)F)cc3)CCN12. The number of alkyl halides is 3. The lowest BCUT2D eigenvalue weighted by Crippen LogP contribution is -2.51. The van der Waals surface area contributed by atoms with Gasteiger partial charge in [-0.05, 0) is 29.5 Å². The van der Waals surface area contributed by atoms with Crippen molar-refractivity contribution >= 4 is 17.8 Å². The quantitative estimate of drug-likeness (QED) is 0.865. The molecule has 120 valence electrons. The molecule has 0 radical (unpaired) electrons. The first-order chi connectivity index (χ1) is 10.4. The molecule has 3 rings (SSSR count). The number of carbonyl (C=O) groups is 1. The summed E-state index contributed by atoms with van der Waals surface area (Å²) in [5.41, 5.74) is -3.27. The zero-order valence-electron chi connectivity index (χ0n) is 11.8. The molecule has 0 spiro atoms. The Bertz CT molecular complexity index is 549. The van der Waals surface area contributed by atoms with Crippen molar-refractivity contribution in [3.8, 4) is 0 Å². The molecule has 0 aliphatic carbocycles. The van der Waals surface area contributed by atoms with Crippen LogP contribution in [-0.4, -0.2) is 53.6 Å². The number of amides is 2. The highest BCUT2D eigenvalue weighted by Crippen LogP contribution is 2.36. The number of nitrogens with one attached hydrogen (secondary N) is 1. The van der Waals surface area contributed by atoms with Crippen LogP contribution in [0.3, 0.4) is 0 Å². The molecule has 2 aliphatic rings. The Morgan fingerprint density at radius 3 is 2.64 bits per heavy atom. The van der Waals surface area contributed by atoms with Crippen LogP contribution in [0.1, 0.15) is 5.56 Å². The second-order valence-electron chi connectivity index (χ2n) is 5.46. The number of nitrogens with zero attached hydrogens (tertiary/aromatic N) is 2. The van der Waals surface area contributed by atoms with Gasteiger partial charge < -0.3 is 10.2 Å². The van der Waals surface area contributed by atoms with Gasteiger partial charge in [0, 0.05) is 37.6 Å². The normalized spacial score (nSPS) is 22.6. The number of thioether (sulfide) groups is 1. The van der Waals surface area contributed by atoms with Crippen molar-refractivity contribution < 1.29 is 18.0 Å². The largest absolute Gasteiger partial charge is 0.446 e. The minimum absolute atomic E-state index is 0.00169. The van der Waals surface area contributed by atoms with Gasteiger partial charge in [0.15, 0.2) is 0 Å². The molecule has 0 saturated carbocycles. The zero-order chi connectivity index (χ0) is 15.7. The molecule has 1 aromatic carbocycles. The van der Waals surface area contributed by atoms with Gasteiger partial charge in [0.05, 0.1) is 6.04 Å². The van der Waals surface area contributed by atoms with E-state index in [1.807, 2.05) is 4.90 Å². The first-order valence-electron chi connectivity index (χ1n) is 7.02. The van der Waals surface area contributed by atoms with Gasteiger partial charge in [0.25, 0.3) is 0 Å². The van der Waals surface area contributed by atoms with E-state index in [2.05, 4.69) is 10.2 Å². The Morgan fingerprint density at radius 1 is 1.23 bits per heavy atom. The first-order valence-corrected chi connectivity index (χ1v) is 7.84. The van der Waals surface area contributed by atoms with Gasteiger partial charge in [-0.15, -0.1) is 0 Å². The van der Waals surface area contributed by atoms with Crippen LogP contribution in [0.25, 0.3) is 0 Å². The maximum absolute atomic E-state index is 12.3. The monoisotopic (exact) mass is 331 g/mol. The van der Waals surface area contributed by atoms with Crippen LogP contribution in [0, 0.1) is 0 Å². The molecule has 0 aromatic heterocycles. The highest BCUT2D eigenvalue weighted by atomic mass is 32.2. The molecule has 2 saturated heterocycles. The lowest BCUT2D eigenvalue weighted by Gasteiger charge is -2.36. The molecule has 1 unspecified atom stereocenters. The maximum Gasteiger partial charge on any atom is 0.446 e. The van der Waals surface area contributed by atoms with Crippen LogP contribution in [0.2, 0.25) is 0 Å². The fraction of sp³-hybridized carbons (Fsp3) is 0.500. The van der Waals surface area contributed by atoms with Crippen molar-refractivity contribution in [2.45, 2.75) is 23.0 Å². The molecule has 2 aliphatic heterocycles. The fourth-order valence-electron chi connectivity index (χ4n) is 2.87. The minimum atomic E-state index is -4.25. The number of benzene rings is 1. The van der Waals surface area contributed by atoms with Gasteiger partial charge in [-0.3, -0.25) is 4.90 Å². The summed E-state index contributed by atoms with van der Waals surface area (Å²) in [6.07, 6.45) is 0. The third kappa shape index (κ3) is 3.67. The van der Waals surface area contributed by atoms with Crippen molar-refractivity contribution in [2.75, 3.05) is 26.2 Å². The molecule has 1 N–H and O–H groups in total. The van der Waals surface area contributed by atoms with E-state index in [0.717, 1.165) is 18.7 Å². The molecule has 22 heavy (non-hydrogen) atoms. The number of piperazine rings is 1. The molecule has 2 fully saturated rings. The molecule has 1 aromatic rings. The Labute approximate surface area is 130 Å². The van der Waals surface area contributed by atoms with Crippen LogP contribution < -0.4 is 5.32 Å². The average Bonchev–Trinajstić information content (AvgIpc) is 2.81. The van der Waals surface area contributed by atoms with E-state index in [9.17, 15) is 18.0 Å². The van der Waals surface area contributed by atoms with E-state index in [4.69, 9.17) is 0 Å². The third-order valence-corrected chi connectivity index (χ3v) is 4.62. The topological polar surface area (TPSA) is 35.6 Å². The van der Waals surface area contributed by atoms with Gasteiger partial charge in [-0.2, -0.15) is 13.2 Å². The predicted molar refractivity (Wildman–Crippen MR) is 77.5 cm³/mol. The number of hydrogen-bond donors (Lipinski definition) is 1. The lowest BCUT2D eigenvalue weighted by molar-refractivity contribution is -0.0328. The van der Waals surface area contributed by atoms with Crippen molar-refractivity contribution in [1.82, 2.24) is 15.1 Å². The summed E-state index contributed by atoms with van der Waals surface area (Å²) in [6, 6.07) is 6.67. The van der Waals surface area contributed by atoms with Crippen LogP contribution >= 0.6 is 11.8 Å². The van der Waals surface area contributed by atoms with Crippen molar-refractivity contribution in [3.63, 3.8) is 0 Å². The summed E-state index contributed by atoms with van der Waals surface area (Å²) in [5.74, 6) is 0. The van der Waals surface area contributed by atoms with Gasteiger partial charge in [0.2, 0.25) is 0 Å². The third-order valence-electron chi connectivity index (χ3n) is 3.88. The number of urea groups is 1. The van der Waals surface area contributed by atoms with E-state index in [0.29, 0.717) is 19.6 Å². The standard InChI is InChI=1S/C14H16F3N3OS/c15-14(16,17)22-12-3-1-10(2-4-12)8-19-5-6-20-11(9-19)7-18-13(20)21/h1-4,11H,5-9H2,(H,18,21). The second-order valence-corrected chi connectivity index (χ2v) is 6.60. The van der Waals surface area contributed by atoms with E-state index in [-0.39, 0.29) is 28.7 Å². The Morgan fingerprint density at radius 2 is 1.95 bits per heavy atom. The van der Waals surface area contributed by atoms with Crippen LogP contribution in [-0.2, 0) is 6.54 Å². The van der Waals surface area contributed by atoms with Crippen LogP contribution in [0.5, 0.6) is 0 Å². The molecular weight excluding hydrogens is 315 g/mol. The summed E-state index contributed by atoms with van der Waals surface area (Å²) >= 11 is -0.0977. The smallest absolute Gasteiger partial charge is 0.336 e. The highest BCUT2D eigenvalue weighted by molar-refractivity contribution is 8.00. The summed E-state index contributed by atoms with van der Waals surface area (Å²) in [4.78, 5) is 15.8. The van der Waals surface area contributed by atoms with Crippen LogP contribution in [0.15, 0.2) is 29.2 Å². The number of carbonyl (C=O) groups excluding carboxylic acids is 1. The van der Waals surface area contributed by atoms with Crippen LogP contribution in [0.4, 0.5) is 18.0 Å². The highest BCUT2D eigenvalue weighted by Gasteiger charge is 2.35. The number of hydrogen-bond acceptors (Lipinski definition) is 3. The Hall–Kier alpha value is -1.41. The van der Waals surface area contributed by atoms with E-state index in [1.54, 1.807) is 12.1 Å². The minimum Gasteiger partial charge on any atom is -0.336 e. The maximum atomic E-state index is 12.3. The van der Waals surface area contributed by atoms with E-state index >= 15 is 0 Å². The fourth-order valence-corrected chi connectivity index (χ4v) is 3.41. The Kier molecular flexibility index (Phi) is 4.22. The van der Waals surface area contributed by atoms with Gasteiger partial charge in [-0.1, -0.05) is 12.1 Å². The van der Waals surface area contributed by atoms with E-state index in [1.165, 1.54) is 12.1 Å². The number of halogens is 3. The molecule has 0 bridgehead atoms. The molecule has 2 heterocycles. The summed E-state index contributed by atoms with van der Waals surface area (Å²) in [7, 11) is 0. The van der Waals surface area contributed by atoms with Crippen molar-refractivity contribution in [3.05, 3.63) is 29.8 Å². The van der Waals surface area contributed by atoms with Gasteiger partial charge >= 0.3 is 11.5 Å². The average molecular weight is 331 g/mol. The predicted octanol–water partition coefficient (Wildman–Crippen LogP) is 2.51. The summed E-state index contributed by atoms with van der Waals surface area (Å²) in [5, 5.41) is 2.83. The number of rotatable bonds is 3. The van der Waals surface area contributed by atoms with Crippen molar-refractivity contribution in [1.29, 1.82) is 0 Å². The van der Waals surface area contributed by atoms with Crippen molar-refractivity contribution in [2.24, 2.45) is 0 Å². The van der Waals surface area contributed by atoms with Gasteiger partial charge in [0.1, 0.15) is 0 Å². The molecular formula is C14H16F3N3OS. The summed E-state index contributed by atoms with van der Waals surface area (Å²) < 4.78 is 36.9. The number of fused-ring (bicyclic) bond motifs is 1. The first kappa shape index (κ1) is 15.5. The Balaban J connectivity index is 1.56. The van der Waals surface area contributed by atoms with E-state index < -0.39 is 5.51 Å². The zero-order valence-corrected chi connectivity index (χ0v) is 12.6. The summed E-state index contributed by atoms with van der Waals surface area (Å²) in [6.45, 7) is 3.62. The molecule has 1 atom stereocenters. The lowest BCUT2D eigenvalue weighted by atomic mass is 10.1.